The summed E-state index contributed by atoms with van der Waals surface area (Å²) in [5.74, 6) is 0. The molecule has 6 rings (SSSR count). The van der Waals surface area contributed by atoms with E-state index in [9.17, 15) is 0 Å². The minimum atomic E-state index is 0. The van der Waals surface area contributed by atoms with Gasteiger partial charge in [0.25, 0.3) is 0 Å². The van der Waals surface area contributed by atoms with Gasteiger partial charge in [0, 0.05) is 55.9 Å². The van der Waals surface area contributed by atoms with Crippen LogP contribution in [0.2, 0.25) is 0 Å². The number of aryl methyl sites for hydroxylation is 1. The molecule has 4 nitrogen and oxygen atoms in total. The first kappa shape index (κ1) is 25.7. The topological polar surface area (TPSA) is 24.3 Å². The number of rotatable bonds is 5. The van der Waals surface area contributed by atoms with Crippen molar-refractivity contribution in [2.75, 3.05) is 38.1 Å². The standard InChI is InChI=1S/C33H34N4.CH4/c1-4-25(22-24-8-6-5-7-9-24)29-16-17-34-33-32(29)30-23-27(12-15-31(30)36(33)3)26-10-13-28(14-11-26)37-20-18-35(2)19-21-37;/h5-17,22-23H,4,18-21H2,1-3H3;1H4/b25-22+;. The molecule has 38 heavy (non-hydrogen) atoms. The number of hydrogen-bond acceptors (Lipinski definition) is 3. The number of pyridine rings is 1. The largest absolute Gasteiger partial charge is 0.369 e. The summed E-state index contributed by atoms with van der Waals surface area (Å²) >= 11 is 0. The Kier molecular flexibility index (Phi) is 7.35. The molecule has 0 radical (unpaired) electrons. The zero-order chi connectivity index (χ0) is 25.4. The number of piperazine rings is 1. The number of benzene rings is 3. The molecule has 5 aromatic rings. The Morgan fingerprint density at radius 2 is 1.55 bits per heavy atom. The monoisotopic (exact) mass is 502 g/mol. The fraction of sp³-hybridized carbons (Fsp3) is 0.265. The van der Waals surface area contributed by atoms with E-state index < -0.39 is 0 Å². The van der Waals surface area contributed by atoms with Crippen LogP contribution in [0.1, 0.15) is 31.9 Å². The van der Waals surface area contributed by atoms with Crippen LogP contribution in [-0.2, 0) is 7.05 Å². The van der Waals surface area contributed by atoms with Crippen LogP contribution in [0.25, 0.3) is 44.7 Å². The predicted octanol–water partition coefficient (Wildman–Crippen LogP) is 7.73. The summed E-state index contributed by atoms with van der Waals surface area (Å²) in [4.78, 5) is 9.68. The summed E-state index contributed by atoms with van der Waals surface area (Å²) in [6.07, 6.45) is 5.22. The van der Waals surface area contributed by atoms with E-state index >= 15 is 0 Å². The van der Waals surface area contributed by atoms with Gasteiger partial charge in [0.1, 0.15) is 5.65 Å². The first-order valence-corrected chi connectivity index (χ1v) is 13.3. The summed E-state index contributed by atoms with van der Waals surface area (Å²) in [5.41, 5.74) is 9.87. The van der Waals surface area contributed by atoms with Gasteiger partial charge in [0.2, 0.25) is 0 Å². The van der Waals surface area contributed by atoms with Crippen LogP contribution in [0.5, 0.6) is 0 Å². The minimum absolute atomic E-state index is 0. The highest BCUT2D eigenvalue weighted by atomic mass is 15.2. The lowest BCUT2D eigenvalue weighted by molar-refractivity contribution is 0.313. The second-order valence-electron chi connectivity index (χ2n) is 10.1. The number of nitrogens with zero attached hydrogens (tertiary/aromatic N) is 4. The smallest absolute Gasteiger partial charge is 0.141 e. The quantitative estimate of drug-likeness (QED) is 0.246. The van der Waals surface area contributed by atoms with E-state index in [2.05, 4.69) is 120 Å². The molecule has 0 unspecified atom stereocenters. The first-order chi connectivity index (χ1) is 18.1. The molecule has 0 atom stereocenters. The molecule has 2 aromatic heterocycles. The van der Waals surface area contributed by atoms with Crippen LogP contribution in [-0.4, -0.2) is 47.7 Å². The lowest BCUT2D eigenvalue weighted by Gasteiger charge is -2.34. The molecule has 1 fully saturated rings. The second kappa shape index (κ2) is 10.8. The first-order valence-electron chi connectivity index (χ1n) is 13.3. The van der Waals surface area contributed by atoms with Crippen LogP contribution in [0.4, 0.5) is 5.69 Å². The van der Waals surface area contributed by atoms with Crippen LogP contribution in [0, 0.1) is 0 Å². The maximum absolute atomic E-state index is 4.80. The van der Waals surface area contributed by atoms with E-state index in [1.165, 1.54) is 49.8 Å². The van der Waals surface area contributed by atoms with Gasteiger partial charge in [-0.05, 0) is 71.6 Å². The van der Waals surface area contributed by atoms with E-state index in [0.717, 1.165) is 38.2 Å². The lowest BCUT2D eigenvalue weighted by atomic mass is 9.96. The maximum atomic E-state index is 4.80. The maximum Gasteiger partial charge on any atom is 0.141 e. The van der Waals surface area contributed by atoms with E-state index in [1.807, 2.05) is 6.20 Å². The van der Waals surface area contributed by atoms with Crippen LogP contribution in [0.3, 0.4) is 0 Å². The number of hydrogen-bond donors (Lipinski definition) is 0. The average molecular weight is 503 g/mol. The number of fused-ring (bicyclic) bond motifs is 3. The van der Waals surface area contributed by atoms with Crippen molar-refractivity contribution in [3.05, 3.63) is 96.2 Å². The van der Waals surface area contributed by atoms with Crippen LogP contribution < -0.4 is 4.90 Å². The van der Waals surface area contributed by atoms with Crippen molar-refractivity contribution in [1.29, 1.82) is 0 Å². The summed E-state index contributed by atoms with van der Waals surface area (Å²) in [5, 5.41) is 2.49. The fourth-order valence-electron chi connectivity index (χ4n) is 5.61. The third kappa shape index (κ3) is 4.72. The Morgan fingerprint density at radius 1 is 0.842 bits per heavy atom. The molecule has 0 N–H and O–H groups in total. The van der Waals surface area contributed by atoms with Gasteiger partial charge < -0.3 is 14.4 Å². The molecule has 3 heterocycles. The molecular formula is C34H38N4. The highest BCUT2D eigenvalue weighted by Crippen LogP contribution is 2.37. The summed E-state index contributed by atoms with van der Waals surface area (Å²) in [6, 6.07) is 28.7. The van der Waals surface area contributed by atoms with Gasteiger partial charge in [-0.25, -0.2) is 4.98 Å². The van der Waals surface area contributed by atoms with Crippen molar-refractivity contribution < 1.29 is 0 Å². The fourth-order valence-corrected chi connectivity index (χ4v) is 5.61. The third-order valence-corrected chi connectivity index (χ3v) is 7.81. The van der Waals surface area contributed by atoms with Crippen molar-refractivity contribution in [3.63, 3.8) is 0 Å². The van der Waals surface area contributed by atoms with E-state index in [4.69, 9.17) is 4.98 Å². The Balaban J connectivity index is 0.00000294. The molecule has 0 spiro atoms. The summed E-state index contributed by atoms with van der Waals surface area (Å²) < 4.78 is 2.23. The number of anilines is 1. The van der Waals surface area contributed by atoms with Crippen molar-refractivity contribution in [2.24, 2.45) is 7.05 Å². The van der Waals surface area contributed by atoms with Crippen molar-refractivity contribution in [3.8, 4) is 11.1 Å². The highest BCUT2D eigenvalue weighted by Gasteiger charge is 2.17. The molecule has 0 saturated carbocycles. The van der Waals surface area contributed by atoms with E-state index in [0.29, 0.717) is 0 Å². The van der Waals surface area contributed by atoms with Gasteiger partial charge >= 0.3 is 0 Å². The van der Waals surface area contributed by atoms with Crippen LogP contribution in [0.15, 0.2) is 85.1 Å². The van der Waals surface area contributed by atoms with Gasteiger partial charge in [-0.15, -0.1) is 0 Å². The van der Waals surface area contributed by atoms with E-state index in [1.54, 1.807) is 0 Å². The zero-order valence-corrected chi connectivity index (χ0v) is 22.0. The molecule has 1 saturated heterocycles. The number of allylic oxidation sites excluding steroid dienone is 1. The molecular weight excluding hydrogens is 464 g/mol. The molecule has 1 aliphatic heterocycles. The minimum Gasteiger partial charge on any atom is -0.369 e. The van der Waals surface area contributed by atoms with Gasteiger partial charge in [-0.1, -0.05) is 69.0 Å². The summed E-state index contributed by atoms with van der Waals surface area (Å²) in [7, 11) is 4.32. The molecule has 0 aliphatic carbocycles. The molecule has 0 amide bonds. The molecule has 4 heteroatoms. The summed E-state index contributed by atoms with van der Waals surface area (Å²) in [6.45, 7) is 6.65. The Hall–Kier alpha value is -3.89. The van der Waals surface area contributed by atoms with Crippen LogP contribution >= 0.6 is 0 Å². The van der Waals surface area contributed by atoms with Gasteiger partial charge in [0.05, 0.1) is 5.52 Å². The molecule has 1 aliphatic rings. The Bertz CT molecular complexity index is 1570. The normalized spacial score (nSPS) is 14.7. The number of aromatic nitrogens is 2. The average Bonchev–Trinajstić information content (AvgIpc) is 3.24. The van der Waals surface area contributed by atoms with Crippen molar-refractivity contribution >= 4 is 39.3 Å². The Morgan fingerprint density at radius 3 is 2.26 bits per heavy atom. The predicted molar refractivity (Wildman–Crippen MR) is 165 cm³/mol. The van der Waals surface area contributed by atoms with Gasteiger partial charge in [0.15, 0.2) is 0 Å². The lowest BCUT2D eigenvalue weighted by Crippen LogP contribution is -2.44. The molecule has 194 valence electrons. The molecule has 0 bridgehead atoms. The highest BCUT2D eigenvalue weighted by molar-refractivity contribution is 6.13. The molecule has 3 aromatic carbocycles. The zero-order valence-electron chi connectivity index (χ0n) is 22.0. The van der Waals surface area contributed by atoms with Gasteiger partial charge in [-0.2, -0.15) is 0 Å². The van der Waals surface area contributed by atoms with Crippen molar-refractivity contribution in [2.45, 2.75) is 20.8 Å². The second-order valence-corrected chi connectivity index (χ2v) is 10.1. The van der Waals surface area contributed by atoms with Crippen molar-refractivity contribution in [1.82, 2.24) is 14.5 Å². The number of likely N-dealkylation sites (N-methyl/N-ethyl adjacent to an activating group) is 1. The third-order valence-electron chi connectivity index (χ3n) is 7.81. The SMILES string of the molecule is C.CC/C(=C\c1ccccc1)c1ccnc2c1c1cc(-c3ccc(N4CCN(C)CC4)cc3)ccc1n2C. The Labute approximate surface area is 226 Å². The van der Waals surface area contributed by atoms with Gasteiger partial charge in [-0.3, -0.25) is 0 Å². The van der Waals surface area contributed by atoms with E-state index in [-0.39, 0.29) is 7.43 Å².